The first kappa shape index (κ1) is 31.5. The molecule has 3 aromatic heterocycles. The van der Waals surface area contributed by atoms with Gasteiger partial charge >= 0.3 is 0 Å². The van der Waals surface area contributed by atoms with E-state index in [1.165, 1.54) is 17.5 Å². The third-order valence-corrected chi connectivity index (χ3v) is 3.95. The van der Waals surface area contributed by atoms with E-state index >= 15 is 0 Å². The summed E-state index contributed by atoms with van der Waals surface area (Å²) >= 11 is 0. The average molecular weight is 714 g/mol. The lowest BCUT2D eigenvalue weighted by Gasteiger charge is -1.86. The molecule has 0 fully saturated rings. The summed E-state index contributed by atoms with van der Waals surface area (Å²) < 4.78 is 6.46. The topological polar surface area (TPSA) is 59.0 Å². The van der Waals surface area contributed by atoms with Gasteiger partial charge in [0, 0.05) is 20.8 Å². The van der Waals surface area contributed by atoms with Crippen LogP contribution in [0.2, 0.25) is 0 Å². The fraction of sp³-hybridized carbons (Fsp3) is 0.500. The largest absolute Gasteiger partial charge is 1.00 e. The quantitative estimate of drug-likeness (QED) is 0.179. The van der Waals surface area contributed by atoms with Crippen LogP contribution in [0.25, 0.3) is 0 Å². The lowest BCUT2D eigenvalue weighted by Crippen LogP contribution is -3.00. The predicted molar refractivity (Wildman–Crippen MR) is 94.2 cm³/mol. The van der Waals surface area contributed by atoms with Gasteiger partial charge in [-0.25, -0.2) is 28.7 Å². The van der Waals surface area contributed by atoms with Crippen molar-refractivity contribution in [2.45, 2.75) is 61.2 Å². The number of rotatable bonds is 3. The molecular formula is C18H33I3N6. The Hall–Kier alpha value is -0.180. The minimum absolute atomic E-state index is 0. The standard InChI is InChI=1S/3C6H10N2.3HI/c3*1-3-8-5-4-7-6(8)2;;;/h3*4-5H,3H2,1-2H3;3*1H. The molecule has 0 spiro atoms. The van der Waals surface area contributed by atoms with Gasteiger partial charge in [-0.15, -0.1) is 0 Å². The van der Waals surface area contributed by atoms with E-state index in [0.29, 0.717) is 0 Å². The molecule has 0 aromatic carbocycles. The first-order valence-electron chi connectivity index (χ1n) is 8.63. The molecule has 9 heteroatoms. The second-order valence-corrected chi connectivity index (χ2v) is 5.49. The Morgan fingerprint density at radius 2 is 0.778 bits per heavy atom. The first-order valence-corrected chi connectivity index (χ1v) is 8.63. The molecule has 3 N–H and O–H groups in total. The molecule has 0 aliphatic heterocycles. The highest BCUT2D eigenvalue weighted by molar-refractivity contribution is 4.71. The van der Waals surface area contributed by atoms with Crippen molar-refractivity contribution in [3.63, 3.8) is 0 Å². The van der Waals surface area contributed by atoms with Gasteiger partial charge in [0.25, 0.3) is 17.5 Å². The van der Waals surface area contributed by atoms with Crippen LogP contribution in [-0.4, -0.2) is 15.0 Å². The Morgan fingerprint density at radius 1 is 0.556 bits per heavy atom. The molecule has 0 radical (unpaired) electrons. The number of nitrogens with one attached hydrogen (secondary N) is 3. The van der Waals surface area contributed by atoms with E-state index in [1.807, 2.05) is 37.2 Å². The van der Waals surface area contributed by atoms with Gasteiger partial charge in [-0.2, -0.15) is 0 Å². The van der Waals surface area contributed by atoms with Gasteiger partial charge in [-0.3, -0.25) is 0 Å². The molecule has 3 rings (SSSR count). The van der Waals surface area contributed by atoms with E-state index in [9.17, 15) is 0 Å². The maximum absolute atomic E-state index is 3.08. The lowest BCUT2D eigenvalue weighted by atomic mass is 10.6. The molecule has 0 bridgehead atoms. The van der Waals surface area contributed by atoms with E-state index in [-0.39, 0.29) is 71.9 Å². The normalized spacial score (nSPS) is 8.67. The molecule has 6 nitrogen and oxygen atoms in total. The van der Waals surface area contributed by atoms with Crippen molar-refractivity contribution in [2.75, 3.05) is 0 Å². The second kappa shape index (κ2) is 17.9. The zero-order valence-electron chi connectivity index (χ0n) is 17.1. The molecule has 3 aromatic rings. The second-order valence-electron chi connectivity index (χ2n) is 5.49. The fourth-order valence-corrected chi connectivity index (χ4v) is 2.36. The van der Waals surface area contributed by atoms with Gasteiger partial charge < -0.3 is 71.9 Å². The SMILES string of the molecule is CC[n+]1cc[nH]c1C.CC[n+]1cc[nH]c1C.CC[n+]1cc[nH]c1C.[I-].[I-].[I-]. The monoisotopic (exact) mass is 714 g/mol. The number of halogens is 3. The van der Waals surface area contributed by atoms with Gasteiger partial charge in [0.1, 0.15) is 37.2 Å². The predicted octanol–water partition coefficient (Wildman–Crippen LogP) is -7.10. The number of aromatic nitrogens is 6. The van der Waals surface area contributed by atoms with Gasteiger partial charge in [-0.05, 0) is 20.8 Å². The number of nitrogens with zero attached hydrogens (tertiary/aromatic N) is 3. The smallest absolute Gasteiger partial charge is 0.250 e. The van der Waals surface area contributed by atoms with E-state index < -0.39 is 0 Å². The summed E-state index contributed by atoms with van der Waals surface area (Å²) in [6.07, 6.45) is 11.9. The zero-order valence-corrected chi connectivity index (χ0v) is 23.5. The Kier molecular flexibility index (Phi) is 20.9. The number of imidazole rings is 3. The van der Waals surface area contributed by atoms with Crippen molar-refractivity contribution in [1.82, 2.24) is 15.0 Å². The van der Waals surface area contributed by atoms with Crippen LogP contribution in [0, 0.1) is 20.8 Å². The van der Waals surface area contributed by atoms with E-state index in [2.05, 4.69) is 70.2 Å². The molecule has 0 atom stereocenters. The van der Waals surface area contributed by atoms with Crippen LogP contribution in [0.5, 0.6) is 0 Å². The van der Waals surface area contributed by atoms with Crippen LogP contribution >= 0.6 is 0 Å². The molecule has 27 heavy (non-hydrogen) atoms. The number of aromatic amines is 3. The average Bonchev–Trinajstić information content (AvgIpc) is 3.29. The minimum Gasteiger partial charge on any atom is -1.00 e. The number of hydrogen-bond donors (Lipinski definition) is 3. The molecule has 0 saturated carbocycles. The van der Waals surface area contributed by atoms with E-state index in [4.69, 9.17) is 0 Å². The summed E-state index contributed by atoms with van der Waals surface area (Å²) in [6.45, 7) is 15.7. The number of H-pyrrole nitrogens is 3. The summed E-state index contributed by atoms with van der Waals surface area (Å²) in [6, 6.07) is 0. The molecule has 3 heterocycles. The van der Waals surface area contributed by atoms with Crippen LogP contribution in [-0.2, 0) is 19.6 Å². The first-order chi connectivity index (χ1) is 11.5. The van der Waals surface area contributed by atoms with Gasteiger partial charge in [0.2, 0.25) is 0 Å². The maximum Gasteiger partial charge on any atom is 0.250 e. The summed E-state index contributed by atoms with van der Waals surface area (Å²) in [5.74, 6) is 3.65. The third-order valence-electron chi connectivity index (χ3n) is 3.95. The van der Waals surface area contributed by atoms with Crippen LogP contribution < -0.4 is 85.6 Å². The van der Waals surface area contributed by atoms with Gasteiger partial charge in [-0.1, -0.05) is 0 Å². The molecule has 0 amide bonds. The summed E-state index contributed by atoms with van der Waals surface area (Å²) in [5, 5.41) is 0. The van der Waals surface area contributed by atoms with Crippen LogP contribution in [0.3, 0.4) is 0 Å². The summed E-state index contributed by atoms with van der Waals surface area (Å²) in [5.41, 5.74) is 0. The number of aryl methyl sites for hydroxylation is 6. The highest BCUT2D eigenvalue weighted by Gasteiger charge is 1.99. The number of hydrogen-bond acceptors (Lipinski definition) is 0. The van der Waals surface area contributed by atoms with Crippen molar-refractivity contribution >= 4 is 0 Å². The zero-order chi connectivity index (χ0) is 17.9. The highest BCUT2D eigenvalue weighted by atomic mass is 127. The van der Waals surface area contributed by atoms with Crippen molar-refractivity contribution in [1.29, 1.82) is 0 Å². The van der Waals surface area contributed by atoms with Crippen LogP contribution in [0.15, 0.2) is 37.2 Å². The van der Waals surface area contributed by atoms with Crippen LogP contribution in [0.1, 0.15) is 38.2 Å². The van der Waals surface area contributed by atoms with Crippen molar-refractivity contribution in [3.8, 4) is 0 Å². The van der Waals surface area contributed by atoms with Crippen molar-refractivity contribution in [3.05, 3.63) is 54.7 Å². The molecular weight excluding hydrogens is 681 g/mol. The Bertz CT molecular complexity index is 610. The third kappa shape index (κ3) is 11.4. The lowest BCUT2D eigenvalue weighted by molar-refractivity contribution is -0.698. The van der Waals surface area contributed by atoms with Crippen molar-refractivity contribution in [2.24, 2.45) is 0 Å². The van der Waals surface area contributed by atoms with E-state index in [1.54, 1.807) is 0 Å². The molecule has 0 aliphatic carbocycles. The fourth-order valence-electron chi connectivity index (χ4n) is 2.36. The summed E-state index contributed by atoms with van der Waals surface area (Å²) in [7, 11) is 0. The van der Waals surface area contributed by atoms with Crippen LogP contribution in [0.4, 0.5) is 0 Å². The van der Waals surface area contributed by atoms with Crippen molar-refractivity contribution < 1.29 is 85.6 Å². The Balaban J connectivity index is -0.000000303. The van der Waals surface area contributed by atoms with E-state index in [0.717, 1.165) is 19.6 Å². The van der Waals surface area contributed by atoms with Gasteiger partial charge in [0.05, 0.1) is 19.6 Å². The maximum atomic E-state index is 3.08. The summed E-state index contributed by atoms with van der Waals surface area (Å²) in [4.78, 5) is 9.25. The molecule has 0 aliphatic rings. The Morgan fingerprint density at radius 3 is 0.852 bits per heavy atom. The minimum atomic E-state index is 0. The van der Waals surface area contributed by atoms with Gasteiger partial charge in [0.15, 0.2) is 0 Å². The highest BCUT2D eigenvalue weighted by Crippen LogP contribution is 1.80. The Labute approximate surface area is 214 Å². The molecule has 0 saturated heterocycles. The molecule has 0 unspecified atom stereocenters. The molecule has 156 valence electrons.